The molecule has 0 bridgehead atoms. The van der Waals surface area contributed by atoms with Gasteiger partial charge in [-0.1, -0.05) is 0 Å². The lowest BCUT2D eigenvalue weighted by atomic mass is 9.79. The number of nitrogens with one attached hydrogen (secondary N) is 2. The van der Waals surface area contributed by atoms with E-state index >= 15 is 0 Å². The van der Waals surface area contributed by atoms with E-state index in [1.165, 1.54) is 0 Å². The van der Waals surface area contributed by atoms with Crippen LogP contribution in [0.25, 0.3) is 0 Å². The molecule has 0 aromatic carbocycles. The van der Waals surface area contributed by atoms with E-state index in [-0.39, 0.29) is 24.0 Å². The van der Waals surface area contributed by atoms with Gasteiger partial charge in [0.1, 0.15) is 0 Å². The van der Waals surface area contributed by atoms with Crippen molar-refractivity contribution in [3.05, 3.63) is 0 Å². The van der Waals surface area contributed by atoms with Crippen LogP contribution in [-0.2, 0) is 0 Å². The van der Waals surface area contributed by atoms with Gasteiger partial charge in [0.05, 0.1) is 6.10 Å². The Morgan fingerprint density at radius 3 is 2.46 bits per heavy atom. The quantitative estimate of drug-likeness (QED) is 0.534. The molecular weight excluding hydrogens is 188 g/mol. The molecule has 78 valence electrons. The minimum atomic E-state index is -0.117. The molecule has 2 saturated heterocycles. The summed E-state index contributed by atoms with van der Waals surface area (Å²) in [4.78, 5) is 0. The lowest BCUT2D eigenvalue weighted by Crippen LogP contribution is -2.62. The van der Waals surface area contributed by atoms with Crippen molar-refractivity contribution in [2.24, 2.45) is 0 Å². The summed E-state index contributed by atoms with van der Waals surface area (Å²) < 4.78 is 0. The number of aliphatic hydroxyl groups is 1. The highest BCUT2D eigenvalue weighted by Crippen LogP contribution is 2.28. The lowest BCUT2D eigenvalue weighted by molar-refractivity contribution is 0.0116. The molecule has 1 atom stereocenters. The van der Waals surface area contributed by atoms with E-state index in [0.717, 1.165) is 45.3 Å². The second-order valence-electron chi connectivity index (χ2n) is 3.99. The fraction of sp³-hybridized carbons (Fsp3) is 1.00. The third-order valence-corrected chi connectivity index (χ3v) is 3.27. The van der Waals surface area contributed by atoms with Crippen LogP contribution in [0.3, 0.4) is 0 Å². The van der Waals surface area contributed by atoms with Gasteiger partial charge in [-0.2, -0.15) is 0 Å². The minimum absolute atomic E-state index is 0. The van der Waals surface area contributed by atoms with E-state index in [1.54, 1.807) is 0 Å². The zero-order chi connectivity index (χ0) is 8.44. The first-order valence-corrected chi connectivity index (χ1v) is 4.97. The van der Waals surface area contributed by atoms with Crippen LogP contribution >= 0.6 is 12.4 Å². The summed E-state index contributed by atoms with van der Waals surface area (Å²) in [6.45, 7) is 3.17. The smallest absolute Gasteiger partial charge is 0.0723 e. The van der Waals surface area contributed by atoms with Crippen LogP contribution in [0, 0.1) is 0 Å². The van der Waals surface area contributed by atoms with Gasteiger partial charge in [-0.05, 0) is 45.3 Å². The Labute approximate surface area is 85.7 Å². The number of halogens is 1. The van der Waals surface area contributed by atoms with Crippen molar-refractivity contribution in [2.75, 3.05) is 19.6 Å². The number of hydrogen-bond acceptors (Lipinski definition) is 3. The first-order chi connectivity index (χ1) is 5.83. The summed E-state index contributed by atoms with van der Waals surface area (Å²) >= 11 is 0. The van der Waals surface area contributed by atoms with Gasteiger partial charge < -0.3 is 15.7 Å². The zero-order valence-electron chi connectivity index (χ0n) is 7.88. The van der Waals surface area contributed by atoms with E-state index in [0.29, 0.717) is 0 Å². The van der Waals surface area contributed by atoms with Gasteiger partial charge >= 0.3 is 0 Å². The number of rotatable bonds is 0. The molecule has 3 nitrogen and oxygen atoms in total. The maximum Gasteiger partial charge on any atom is 0.0723 e. The highest BCUT2D eigenvalue weighted by Gasteiger charge is 2.40. The van der Waals surface area contributed by atoms with Gasteiger partial charge in [-0.15, -0.1) is 12.4 Å². The third kappa shape index (κ3) is 2.15. The predicted molar refractivity (Wildman–Crippen MR) is 55.3 cm³/mol. The first kappa shape index (κ1) is 11.2. The van der Waals surface area contributed by atoms with E-state index in [9.17, 15) is 5.11 Å². The van der Waals surface area contributed by atoms with Crippen molar-refractivity contribution >= 4 is 12.4 Å². The van der Waals surface area contributed by atoms with Gasteiger partial charge in [0.15, 0.2) is 0 Å². The highest BCUT2D eigenvalue weighted by molar-refractivity contribution is 5.85. The third-order valence-electron chi connectivity index (χ3n) is 3.27. The van der Waals surface area contributed by atoms with Gasteiger partial charge in [-0.25, -0.2) is 0 Å². The molecule has 3 N–H and O–H groups in total. The average Bonchev–Trinajstić information content (AvgIpc) is 2.12. The Bertz CT molecular complexity index is 151. The van der Waals surface area contributed by atoms with Crippen LogP contribution in [0.2, 0.25) is 0 Å². The van der Waals surface area contributed by atoms with Crippen molar-refractivity contribution in [2.45, 2.75) is 37.3 Å². The van der Waals surface area contributed by atoms with E-state index in [2.05, 4.69) is 10.6 Å². The fourth-order valence-electron chi connectivity index (χ4n) is 2.41. The Hall–Kier alpha value is 0.170. The normalized spacial score (nSPS) is 32.5. The van der Waals surface area contributed by atoms with Crippen LogP contribution in [0.1, 0.15) is 25.7 Å². The summed E-state index contributed by atoms with van der Waals surface area (Å²) in [5.41, 5.74) is 0.0590. The molecule has 0 amide bonds. The Balaban J connectivity index is 0.000000845. The summed E-state index contributed by atoms with van der Waals surface area (Å²) in [5.74, 6) is 0. The Morgan fingerprint density at radius 2 is 1.85 bits per heavy atom. The topological polar surface area (TPSA) is 44.3 Å². The average molecular weight is 207 g/mol. The van der Waals surface area contributed by atoms with E-state index in [4.69, 9.17) is 0 Å². The van der Waals surface area contributed by atoms with E-state index in [1.807, 2.05) is 0 Å². The summed E-state index contributed by atoms with van der Waals surface area (Å²) in [7, 11) is 0. The molecule has 0 saturated carbocycles. The Morgan fingerprint density at radius 1 is 1.15 bits per heavy atom. The second kappa shape index (κ2) is 4.60. The van der Waals surface area contributed by atoms with Gasteiger partial charge in [0, 0.05) is 5.54 Å². The minimum Gasteiger partial charge on any atom is -0.391 e. The maximum atomic E-state index is 9.89. The molecule has 1 unspecified atom stereocenters. The predicted octanol–water partition coefficient (Wildman–Crippen LogP) is 0.275. The molecule has 0 aromatic heterocycles. The lowest BCUT2D eigenvalue weighted by Gasteiger charge is -2.45. The van der Waals surface area contributed by atoms with Crippen molar-refractivity contribution < 1.29 is 5.11 Å². The zero-order valence-corrected chi connectivity index (χ0v) is 8.70. The molecule has 2 aliphatic rings. The second-order valence-corrected chi connectivity index (χ2v) is 3.99. The van der Waals surface area contributed by atoms with Gasteiger partial charge in [0.25, 0.3) is 0 Å². The molecule has 13 heavy (non-hydrogen) atoms. The van der Waals surface area contributed by atoms with Crippen LogP contribution in [-0.4, -0.2) is 36.4 Å². The van der Waals surface area contributed by atoms with Crippen LogP contribution < -0.4 is 10.6 Å². The molecule has 0 radical (unpaired) electrons. The molecule has 1 spiro atoms. The summed E-state index contributed by atoms with van der Waals surface area (Å²) in [5, 5.41) is 16.7. The molecule has 2 aliphatic heterocycles. The molecule has 2 fully saturated rings. The molecule has 2 heterocycles. The highest BCUT2D eigenvalue weighted by atomic mass is 35.5. The van der Waals surface area contributed by atoms with Crippen molar-refractivity contribution in [1.29, 1.82) is 0 Å². The monoisotopic (exact) mass is 206 g/mol. The molecule has 0 aliphatic carbocycles. The summed E-state index contributed by atoms with van der Waals surface area (Å²) in [6.07, 6.45) is 4.14. The van der Waals surface area contributed by atoms with Crippen molar-refractivity contribution in [1.82, 2.24) is 10.6 Å². The standard InChI is InChI=1S/C9H18N2O.ClH/c12-8-2-1-5-11-9(8)3-6-10-7-4-9;/h8,10-12H,1-7H2;1H. The Kier molecular flexibility index (Phi) is 3.98. The molecule has 2 rings (SSSR count). The van der Waals surface area contributed by atoms with Crippen LogP contribution in [0.15, 0.2) is 0 Å². The largest absolute Gasteiger partial charge is 0.391 e. The van der Waals surface area contributed by atoms with Gasteiger partial charge in [-0.3, -0.25) is 0 Å². The van der Waals surface area contributed by atoms with E-state index < -0.39 is 0 Å². The molecular formula is C9H19ClN2O. The number of aliphatic hydroxyl groups excluding tert-OH is 1. The fourth-order valence-corrected chi connectivity index (χ4v) is 2.41. The first-order valence-electron chi connectivity index (χ1n) is 4.97. The SMILES string of the molecule is Cl.OC1CCCNC12CCNCC2. The molecule has 0 aromatic rings. The maximum absolute atomic E-state index is 9.89. The number of hydrogen-bond donors (Lipinski definition) is 3. The van der Waals surface area contributed by atoms with Gasteiger partial charge in [0.2, 0.25) is 0 Å². The van der Waals surface area contributed by atoms with Crippen molar-refractivity contribution in [3.8, 4) is 0 Å². The van der Waals surface area contributed by atoms with Crippen molar-refractivity contribution in [3.63, 3.8) is 0 Å². The van der Waals surface area contributed by atoms with Crippen LogP contribution in [0.4, 0.5) is 0 Å². The number of piperidine rings is 2. The molecule has 4 heteroatoms. The van der Waals surface area contributed by atoms with Crippen LogP contribution in [0.5, 0.6) is 0 Å². The summed E-state index contributed by atoms with van der Waals surface area (Å²) in [6, 6.07) is 0.